The predicted molar refractivity (Wildman–Crippen MR) is 110 cm³/mol. The average Bonchev–Trinajstić information content (AvgIpc) is 2.51. The van der Waals surface area contributed by atoms with Gasteiger partial charge in [-0.2, -0.15) is 0 Å². The largest absolute Gasteiger partial charge is 0.356 e. The van der Waals surface area contributed by atoms with E-state index in [1.54, 1.807) is 19.2 Å². The fraction of sp³-hybridized carbons (Fsp3) is 0.438. The Bertz CT molecular complexity index is 630. The van der Waals surface area contributed by atoms with Crippen LogP contribution in [0.1, 0.15) is 18.4 Å². The lowest BCUT2D eigenvalue weighted by molar-refractivity contribution is 0.470. The minimum absolute atomic E-state index is 0. The second-order valence-electron chi connectivity index (χ2n) is 5.27. The monoisotopic (exact) mass is 466 g/mol. The summed E-state index contributed by atoms with van der Waals surface area (Å²) in [5, 5.41) is 8.38. The summed E-state index contributed by atoms with van der Waals surface area (Å²) in [4.78, 5) is 6.46. The van der Waals surface area contributed by atoms with Gasteiger partial charge in [-0.25, -0.2) is 13.6 Å². The first-order chi connectivity index (χ1) is 10.9. The van der Waals surface area contributed by atoms with E-state index >= 15 is 0 Å². The molecule has 0 heterocycles. The molecule has 0 bridgehead atoms. The van der Waals surface area contributed by atoms with Crippen LogP contribution in [0, 0.1) is 0 Å². The van der Waals surface area contributed by atoms with Gasteiger partial charge in [-0.3, -0.25) is 4.99 Å². The molecule has 3 N–H and O–H groups in total. The summed E-state index contributed by atoms with van der Waals surface area (Å²) in [6.07, 6.45) is 4.70. The molecule has 0 fully saturated rings. The van der Waals surface area contributed by atoms with Crippen LogP contribution >= 0.6 is 24.0 Å². The normalized spacial score (nSPS) is 11.5. The van der Waals surface area contributed by atoms with Crippen molar-refractivity contribution in [2.75, 3.05) is 27.2 Å². The van der Waals surface area contributed by atoms with Crippen LogP contribution in [0.3, 0.4) is 0 Å². The van der Waals surface area contributed by atoms with Gasteiger partial charge in [-0.15, -0.1) is 30.6 Å². The molecule has 1 aromatic rings. The fourth-order valence-corrected chi connectivity index (χ4v) is 2.64. The van der Waals surface area contributed by atoms with Crippen LogP contribution in [0.5, 0.6) is 0 Å². The van der Waals surface area contributed by atoms with Crippen molar-refractivity contribution in [1.82, 2.24) is 10.2 Å². The maximum absolute atomic E-state index is 11.2. The average molecular weight is 466 g/mol. The van der Waals surface area contributed by atoms with E-state index in [9.17, 15) is 8.42 Å². The van der Waals surface area contributed by atoms with Gasteiger partial charge >= 0.3 is 0 Å². The number of hydrogen-bond donors (Lipinski definition) is 2. The van der Waals surface area contributed by atoms with Crippen molar-refractivity contribution < 1.29 is 8.42 Å². The van der Waals surface area contributed by atoms with Gasteiger partial charge in [-0.1, -0.05) is 18.2 Å². The molecule has 0 saturated carbocycles. The topological polar surface area (TPSA) is 87.8 Å². The molecule has 0 aromatic heterocycles. The minimum Gasteiger partial charge on any atom is -0.356 e. The number of primary sulfonamides is 1. The first-order valence-corrected chi connectivity index (χ1v) is 9.07. The molecular weight excluding hydrogens is 439 g/mol. The van der Waals surface area contributed by atoms with E-state index in [0.717, 1.165) is 37.3 Å². The van der Waals surface area contributed by atoms with Gasteiger partial charge in [0.25, 0.3) is 0 Å². The molecule has 6 nitrogen and oxygen atoms in total. The number of halogens is 1. The van der Waals surface area contributed by atoms with Gasteiger partial charge in [0.05, 0.1) is 4.90 Å². The third kappa shape index (κ3) is 8.11. The highest BCUT2D eigenvalue weighted by Gasteiger charge is 2.07. The molecule has 0 aliphatic rings. The molecule has 0 atom stereocenters. The first kappa shape index (κ1) is 22.9. The summed E-state index contributed by atoms with van der Waals surface area (Å²) in [5.74, 6) is 0.843. The van der Waals surface area contributed by atoms with Crippen molar-refractivity contribution in [2.24, 2.45) is 10.1 Å². The zero-order chi connectivity index (χ0) is 17.3. The predicted octanol–water partition coefficient (Wildman–Crippen LogP) is 1.97. The molecule has 0 spiro atoms. The highest BCUT2D eigenvalue weighted by Crippen LogP contribution is 2.08. The molecule has 0 aliphatic carbocycles. The van der Waals surface area contributed by atoms with Gasteiger partial charge in [0, 0.05) is 27.2 Å². The third-order valence-corrected chi connectivity index (χ3v) is 4.35. The molecule has 0 amide bonds. The van der Waals surface area contributed by atoms with Crippen LogP contribution in [-0.2, 0) is 16.4 Å². The van der Waals surface area contributed by atoms with E-state index in [2.05, 4.69) is 21.8 Å². The molecule has 136 valence electrons. The van der Waals surface area contributed by atoms with Crippen LogP contribution < -0.4 is 10.5 Å². The lowest BCUT2D eigenvalue weighted by atomic mass is 10.1. The summed E-state index contributed by atoms with van der Waals surface area (Å²) in [6, 6.07) is 6.61. The third-order valence-electron chi connectivity index (χ3n) is 3.42. The SMILES string of the molecule is C=CCCCN(C)C(=NC)NCCc1ccc(S(N)(=O)=O)cc1.I. The smallest absolute Gasteiger partial charge is 0.238 e. The van der Waals surface area contributed by atoms with E-state index in [4.69, 9.17) is 5.14 Å². The fourth-order valence-electron chi connectivity index (χ4n) is 2.13. The molecule has 0 aliphatic heterocycles. The lowest BCUT2D eigenvalue weighted by Gasteiger charge is -2.21. The van der Waals surface area contributed by atoms with Gasteiger partial charge in [0.1, 0.15) is 0 Å². The van der Waals surface area contributed by atoms with E-state index in [1.165, 1.54) is 12.1 Å². The van der Waals surface area contributed by atoms with Crippen molar-refractivity contribution in [1.29, 1.82) is 0 Å². The van der Waals surface area contributed by atoms with E-state index in [0.29, 0.717) is 6.54 Å². The standard InChI is InChI=1S/C16H26N4O2S.HI/c1-4-5-6-13-20(3)16(18-2)19-12-11-14-7-9-15(10-8-14)23(17,21)22;/h4,7-10H,1,5-6,11-13H2,2-3H3,(H,18,19)(H2,17,21,22);1H. The second kappa shape index (κ2) is 11.4. The quantitative estimate of drug-likeness (QED) is 0.202. The van der Waals surface area contributed by atoms with Gasteiger partial charge in [0.2, 0.25) is 10.0 Å². The highest BCUT2D eigenvalue weighted by molar-refractivity contribution is 14.0. The molecule has 0 saturated heterocycles. The summed E-state index contributed by atoms with van der Waals surface area (Å²) in [7, 11) is 0.128. The van der Waals surface area contributed by atoms with Crippen LogP contribution in [0.4, 0.5) is 0 Å². The van der Waals surface area contributed by atoms with Crippen molar-refractivity contribution >= 4 is 40.0 Å². The van der Waals surface area contributed by atoms with Crippen molar-refractivity contribution in [3.05, 3.63) is 42.5 Å². The Morgan fingerprint density at radius 1 is 1.38 bits per heavy atom. The van der Waals surface area contributed by atoms with Crippen LogP contribution in [-0.4, -0.2) is 46.5 Å². The number of nitrogens with zero attached hydrogens (tertiary/aromatic N) is 2. The maximum Gasteiger partial charge on any atom is 0.238 e. The molecule has 24 heavy (non-hydrogen) atoms. The minimum atomic E-state index is -3.63. The number of allylic oxidation sites excluding steroid dienone is 1. The lowest BCUT2D eigenvalue weighted by Crippen LogP contribution is -2.40. The number of hydrogen-bond acceptors (Lipinski definition) is 3. The number of benzene rings is 1. The molecule has 1 rings (SSSR count). The Kier molecular flexibility index (Phi) is 10.9. The van der Waals surface area contributed by atoms with E-state index < -0.39 is 10.0 Å². The maximum atomic E-state index is 11.2. The zero-order valence-corrected chi connectivity index (χ0v) is 17.4. The van der Waals surface area contributed by atoms with Crippen molar-refractivity contribution in [3.8, 4) is 0 Å². The number of unbranched alkanes of at least 4 members (excludes halogenated alkanes) is 1. The van der Waals surface area contributed by atoms with Crippen molar-refractivity contribution in [3.63, 3.8) is 0 Å². The summed E-state index contributed by atoms with van der Waals surface area (Å²) in [6.45, 7) is 5.34. The van der Waals surface area contributed by atoms with Crippen LogP contribution in [0.2, 0.25) is 0 Å². The Morgan fingerprint density at radius 2 is 2.00 bits per heavy atom. The van der Waals surface area contributed by atoms with Gasteiger partial charge in [0.15, 0.2) is 5.96 Å². The molecular formula is C16H27IN4O2S. The highest BCUT2D eigenvalue weighted by atomic mass is 127. The Morgan fingerprint density at radius 3 is 2.50 bits per heavy atom. The Labute approximate surface area is 162 Å². The van der Waals surface area contributed by atoms with E-state index in [-0.39, 0.29) is 28.9 Å². The van der Waals surface area contributed by atoms with Crippen molar-refractivity contribution in [2.45, 2.75) is 24.2 Å². The van der Waals surface area contributed by atoms with Crippen LogP contribution in [0.15, 0.2) is 46.8 Å². The second-order valence-corrected chi connectivity index (χ2v) is 6.83. The molecule has 1 aromatic carbocycles. The number of sulfonamides is 1. The summed E-state index contributed by atoms with van der Waals surface area (Å²) < 4.78 is 22.4. The number of nitrogens with one attached hydrogen (secondary N) is 1. The Balaban J connectivity index is 0.00000529. The number of guanidine groups is 1. The number of nitrogens with two attached hydrogens (primary N) is 1. The molecule has 0 unspecified atom stereocenters. The molecule has 8 heteroatoms. The van der Waals surface area contributed by atoms with Gasteiger partial charge < -0.3 is 10.2 Å². The number of aliphatic imine (C=N–C) groups is 1. The van der Waals surface area contributed by atoms with E-state index in [1.807, 2.05) is 13.1 Å². The summed E-state index contributed by atoms with van der Waals surface area (Å²) >= 11 is 0. The number of rotatable bonds is 8. The zero-order valence-electron chi connectivity index (χ0n) is 14.2. The first-order valence-electron chi connectivity index (χ1n) is 7.53. The van der Waals surface area contributed by atoms with Crippen LogP contribution in [0.25, 0.3) is 0 Å². The van der Waals surface area contributed by atoms with Gasteiger partial charge in [-0.05, 0) is 37.0 Å². The summed E-state index contributed by atoms with van der Waals surface area (Å²) in [5.41, 5.74) is 1.04. The Hall–Kier alpha value is -1.13. The molecule has 0 radical (unpaired) electrons.